The first kappa shape index (κ1) is 18.2. The van der Waals surface area contributed by atoms with Crippen LogP contribution in [0, 0.1) is 6.57 Å². The summed E-state index contributed by atoms with van der Waals surface area (Å²) in [6.07, 6.45) is -0.483. The van der Waals surface area contributed by atoms with Crippen molar-refractivity contribution in [1.82, 2.24) is 5.32 Å². The monoisotopic (exact) mass is 336 g/mol. The summed E-state index contributed by atoms with van der Waals surface area (Å²) in [6, 6.07) is 13.6. The summed E-state index contributed by atoms with van der Waals surface area (Å²) in [5.41, 5.74) is 1.76. The van der Waals surface area contributed by atoms with Crippen molar-refractivity contribution in [3.63, 3.8) is 0 Å². The van der Waals surface area contributed by atoms with Crippen LogP contribution in [-0.4, -0.2) is 17.5 Å². The fourth-order valence-electron chi connectivity index (χ4n) is 2.15. The molecule has 2 aromatic rings. The maximum atomic E-state index is 12.5. The van der Waals surface area contributed by atoms with Gasteiger partial charge in [-0.15, -0.1) is 0 Å². The minimum atomic E-state index is -0.541. The number of nitrogens with one attached hydrogen (secondary N) is 1. The lowest BCUT2D eigenvalue weighted by Gasteiger charge is -2.19. The molecule has 1 N–H and O–H groups in total. The highest BCUT2D eigenvalue weighted by Crippen LogP contribution is 2.17. The van der Waals surface area contributed by atoms with E-state index in [2.05, 4.69) is 10.2 Å². The molecule has 0 aliphatic rings. The van der Waals surface area contributed by atoms with E-state index in [1.807, 2.05) is 0 Å². The summed E-state index contributed by atoms with van der Waals surface area (Å²) >= 11 is 0. The largest absolute Gasteiger partial charge is 0.444 e. The summed E-state index contributed by atoms with van der Waals surface area (Å²) < 4.78 is 5.17. The maximum absolute atomic E-state index is 12.5. The average molecular weight is 336 g/mol. The van der Waals surface area contributed by atoms with Crippen molar-refractivity contribution in [3.05, 3.63) is 76.6 Å². The van der Waals surface area contributed by atoms with Gasteiger partial charge < -0.3 is 10.1 Å². The van der Waals surface area contributed by atoms with Gasteiger partial charge in [0.25, 0.3) is 0 Å². The van der Waals surface area contributed by atoms with Crippen LogP contribution < -0.4 is 5.32 Å². The molecule has 0 saturated heterocycles. The van der Waals surface area contributed by atoms with Gasteiger partial charge >= 0.3 is 6.09 Å². The number of benzene rings is 2. The molecule has 5 nitrogen and oxygen atoms in total. The highest BCUT2D eigenvalue weighted by molar-refractivity contribution is 6.09. The van der Waals surface area contributed by atoms with Gasteiger partial charge in [0.1, 0.15) is 5.60 Å². The zero-order valence-corrected chi connectivity index (χ0v) is 14.5. The topological polar surface area (TPSA) is 59.8 Å². The summed E-state index contributed by atoms with van der Waals surface area (Å²) in [4.78, 5) is 27.4. The predicted octanol–water partition coefficient (Wildman–Crippen LogP) is 4.49. The highest BCUT2D eigenvalue weighted by Gasteiger charge is 2.15. The molecule has 0 aliphatic heterocycles. The van der Waals surface area contributed by atoms with E-state index in [1.165, 1.54) is 0 Å². The van der Waals surface area contributed by atoms with E-state index in [9.17, 15) is 9.59 Å². The smallest absolute Gasteiger partial charge is 0.407 e. The number of rotatable bonds is 4. The summed E-state index contributed by atoms with van der Waals surface area (Å²) in [5.74, 6) is -0.142. The molecule has 0 bridgehead atoms. The van der Waals surface area contributed by atoms with Crippen molar-refractivity contribution in [1.29, 1.82) is 0 Å². The summed E-state index contributed by atoms with van der Waals surface area (Å²) in [5, 5.41) is 2.67. The minimum Gasteiger partial charge on any atom is -0.444 e. The fraction of sp³-hybridized carbons (Fsp3) is 0.250. The Hall–Kier alpha value is -3.13. The van der Waals surface area contributed by atoms with E-state index in [1.54, 1.807) is 69.3 Å². The van der Waals surface area contributed by atoms with Crippen LogP contribution >= 0.6 is 0 Å². The standard InChI is InChI=1S/C20H20N2O3/c1-20(2,3)25-19(24)22-13-14-8-10-15(11-9-14)18(23)16-6-5-7-17(12-16)21-4/h5-12H,13H2,1-3H3,(H,22,24). The van der Waals surface area contributed by atoms with E-state index < -0.39 is 11.7 Å². The van der Waals surface area contributed by atoms with Gasteiger partial charge in [0, 0.05) is 17.7 Å². The lowest BCUT2D eigenvalue weighted by Crippen LogP contribution is -2.32. The molecule has 0 spiro atoms. The van der Waals surface area contributed by atoms with E-state index in [0.29, 0.717) is 23.4 Å². The van der Waals surface area contributed by atoms with Gasteiger partial charge in [-0.05, 0) is 32.4 Å². The SMILES string of the molecule is [C-]#[N+]c1cccc(C(=O)c2ccc(CNC(=O)OC(C)(C)C)cc2)c1. The zero-order chi connectivity index (χ0) is 18.4. The number of carbonyl (C=O) groups excluding carboxylic acids is 2. The molecule has 0 heterocycles. The number of hydrogen-bond acceptors (Lipinski definition) is 3. The van der Waals surface area contributed by atoms with Gasteiger partial charge in [-0.25, -0.2) is 9.64 Å². The van der Waals surface area contributed by atoms with Crippen molar-refractivity contribution < 1.29 is 14.3 Å². The third-order valence-corrected chi connectivity index (χ3v) is 3.29. The lowest BCUT2D eigenvalue weighted by atomic mass is 10.0. The molecule has 5 heteroatoms. The van der Waals surface area contributed by atoms with E-state index in [4.69, 9.17) is 11.3 Å². The number of amides is 1. The average Bonchev–Trinajstić information content (AvgIpc) is 2.58. The molecule has 0 fully saturated rings. The van der Waals surface area contributed by atoms with Crippen molar-refractivity contribution in [2.75, 3.05) is 0 Å². The molecule has 0 aromatic heterocycles. The Kier molecular flexibility index (Phi) is 5.56. The van der Waals surface area contributed by atoms with Crippen LogP contribution in [0.5, 0.6) is 0 Å². The van der Waals surface area contributed by atoms with Gasteiger partial charge in [-0.1, -0.05) is 42.5 Å². The molecular formula is C20H20N2O3. The van der Waals surface area contributed by atoms with Gasteiger partial charge in [0.2, 0.25) is 0 Å². The third-order valence-electron chi connectivity index (χ3n) is 3.29. The van der Waals surface area contributed by atoms with Gasteiger partial charge in [0.15, 0.2) is 11.5 Å². The Labute approximate surface area is 147 Å². The van der Waals surface area contributed by atoms with Crippen molar-refractivity contribution in [3.8, 4) is 0 Å². The summed E-state index contributed by atoms with van der Waals surface area (Å²) in [7, 11) is 0. The Bertz CT molecular complexity index is 812. The zero-order valence-electron chi connectivity index (χ0n) is 14.5. The van der Waals surface area contributed by atoms with Crippen LogP contribution in [-0.2, 0) is 11.3 Å². The normalized spacial score (nSPS) is 10.6. The Morgan fingerprint density at radius 2 is 1.76 bits per heavy atom. The Morgan fingerprint density at radius 1 is 1.08 bits per heavy atom. The molecule has 0 saturated carbocycles. The minimum absolute atomic E-state index is 0.142. The molecule has 0 atom stereocenters. The number of carbonyl (C=O) groups is 2. The van der Waals surface area contributed by atoms with Crippen LogP contribution in [0.3, 0.4) is 0 Å². The molecule has 2 rings (SSSR count). The van der Waals surface area contributed by atoms with E-state index >= 15 is 0 Å². The second kappa shape index (κ2) is 7.63. The van der Waals surface area contributed by atoms with E-state index in [0.717, 1.165) is 5.56 Å². The van der Waals surface area contributed by atoms with Crippen molar-refractivity contribution in [2.45, 2.75) is 32.9 Å². The molecule has 2 aromatic carbocycles. The number of ether oxygens (including phenoxy) is 1. The second-order valence-electron chi connectivity index (χ2n) is 6.54. The molecular weight excluding hydrogens is 316 g/mol. The van der Waals surface area contributed by atoms with Crippen molar-refractivity contribution >= 4 is 17.6 Å². The first-order chi connectivity index (χ1) is 11.8. The van der Waals surface area contributed by atoms with Crippen LogP contribution in [0.15, 0.2) is 48.5 Å². The first-order valence-corrected chi connectivity index (χ1v) is 7.86. The molecule has 128 valence electrons. The quantitative estimate of drug-likeness (QED) is 0.661. The number of hydrogen-bond donors (Lipinski definition) is 1. The van der Waals surface area contributed by atoms with Gasteiger partial charge in [-0.3, -0.25) is 4.79 Å². The fourth-order valence-corrected chi connectivity index (χ4v) is 2.15. The molecule has 0 aliphatic carbocycles. The molecule has 1 amide bonds. The third kappa shape index (κ3) is 5.47. The second-order valence-corrected chi connectivity index (χ2v) is 6.54. The summed E-state index contributed by atoms with van der Waals surface area (Å²) in [6.45, 7) is 12.7. The van der Waals surface area contributed by atoms with Crippen LogP contribution in [0.2, 0.25) is 0 Å². The van der Waals surface area contributed by atoms with Crippen molar-refractivity contribution in [2.24, 2.45) is 0 Å². The highest BCUT2D eigenvalue weighted by atomic mass is 16.6. The Balaban J connectivity index is 2.01. The molecule has 0 unspecified atom stereocenters. The predicted molar refractivity (Wildman–Crippen MR) is 95.7 cm³/mol. The van der Waals surface area contributed by atoms with Crippen LogP contribution in [0.25, 0.3) is 4.85 Å². The van der Waals surface area contributed by atoms with Crippen LogP contribution in [0.1, 0.15) is 42.3 Å². The molecule has 0 radical (unpaired) electrons. The Morgan fingerprint density at radius 3 is 2.36 bits per heavy atom. The first-order valence-electron chi connectivity index (χ1n) is 7.86. The molecule has 25 heavy (non-hydrogen) atoms. The number of nitrogens with zero attached hydrogens (tertiary/aromatic N) is 1. The van der Waals surface area contributed by atoms with Gasteiger partial charge in [-0.2, -0.15) is 0 Å². The number of alkyl carbamates (subject to hydrolysis) is 1. The number of ketones is 1. The maximum Gasteiger partial charge on any atom is 0.407 e. The lowest BCUT2D eigenvalue weighted by molar-refractivity contribution is 0.0523. The van der Waals surface area contributed by atoms with Gasteiger partial charge in [0.05, 0.1) is 6.57 Å². The van der Waals surface area contributed by atoms with Crippen LogP contribution in [0.4, 0.5) is 10.5 Å². The van der Waals surface area contributed by atoms with E-state index in [-0.39, 0.29) is 5.78 Å².